The summed E-state index contributed by atoms with van der Waals surface area (Å²) in [6.45, 7) is 7.07. The Morgan fingerprint density at radius 2 is 1.65 bits per heavy atom. The Kier molecular flexibility index (Phi) is 5.11. The molecular weight excluding hydrogens is 268 g/mol. The molecule has 1 aliphatic rings. The predicted molar refractivity (Wildman–Crippen MR) is 86.4 cm³/mol. The third-order valence-electron chi connectivity index (χ3n) is 4.88. The molecule has 3 N–H and O–H groups in total. The molecule has 0 heterocycles. The lowest BCUT2D eigenvalue weighted by molar-refractivity contribution is 0.132. The molecule has 112 valence electrons. The summed E-state index contributed by atoms with van der Waals surface area (Å²) in [5.74, 6) is 7.27. The van der Waals surface area contributed by atoms with Crippen LogP contribution in [0.25, 0.3) is 0 Å². The molecule has 1 atom stereocenters. The second-order valence-corrected chi connectivity index (χ2v) is 7.61. The number of hydrazine groups is 1. The van der Waals surface area contributed by atoms with Crippen LogP contribution in [0.5, 0.6) is 0 Å². The number of nitrogens with two attached hydrogens (primary N) is 1. The summed E-state index contributed by atoms with van der Waals surface area (Å²) < 4.78 is 0. The highest BCUT2D eigenvalue weighted by Crippen LogP contribution is 2.43. The molecule has 0 bridgehead atoms. The largest absolute Gasteiger partial charge is 0.271 e. The van der Waals surface area contributed by atoms with Gasteiger partial charge in [0.1, 0.15) is 0 Å². The molecule has 1 aromatic carbocycles. The van der Waals surface area contributed by atoms with E-state index in [4.69, 9.17) is 17.4 Å². The van der Waals surface area contributed by atoms with Gasteiger partial charge in [-0.25, -0.2) is 0 Å². The van der Waals surface area contributed by atoms with Crippen LogP contribution < -0.4 is 11.3 Å². The van der Waals surface area contributed by atoms with Crippen molar-refractivity contribution in [3.05, 3.63) is 34.9 Å². The van der Waals surface area contributed by atoms with Crippen LogP contribution in [0, 0.1) is 17.3 Å². The maximum absolute atomic E-state index is 5.96. The molecule has 0 aliphatic heterocycles. The lowest BCUT2D eigenvalue weighted by atomic mass is 9.68. The van der Waals surface area contributed by atoms with Gasteiger partial charge in [0.2, 0.25) is 0 Å². The van der Waals surface area contributed by atoms with Crippen molar-refractivity contribution >= 4 is 11.6 Å². The highest BCUT2D eigenvalue weighted by molar-refractivity contribution is 6.30. The lowest BCUT2D eigenvalue weighted by Crippen LogP contribution is -2.36. The van der Waals surface area contributed by atoms with Crippen LogP contribution in [-0.4, -0.2) is 0 Å². The van der Waals surface area contributed by atoms with Gasteiger partial charge in [0, 0.05) is 11.1 Å². The van der Waals surface area contributed by atoms with Crippen LogP contribution in [0.3, 0.4) is 0 Å². The minimum atomic E-state index is 0.244. The van der Waals surface area contributed by atoms with Crippen LogP contribution in [0.1, 0.15) is 58.1 Å². The molecule has 1 saturated carbocycles. The molecule has 1 unspecified atom stereocenters. The van der Waals surface area contributed by atoms with Crippen molar-refractivity contribution in [1.29, 1.82) is 0 Å². The third-order valence-corrected chi connectivity index (χ3v) is 5.13. The van der Waals surface area contributed by atoms with Crippen LogP contribution in [-0.2, 0) is 0 Å². The highest BCUT2D eigenvalue weighted by Gasteiger charge is 2.33. The van der Waals surface area contributed by atoms with E-state index in [0.29, 0.717) is 11.3 Å². The van der Waals surface area contributed by atoms with Gasteiger partial charge in [0.15, 0.2) is 0 Å². The van der Waals surface area contributed by atoms with E-state index in [-0.39, 0.29) is 6.04 Å². The number of benzene rings is 1. The van der Waals surface area contributed by atoms with E-state index in [1.165, 1.54) is 31.2 Å². The van der Waals surface area contributed by atoms with E-state index in [2.05, 4.69) is 38.3 Å². The average molecular weight is 295 g/mol. The van der Waals surface area contributed by atoms with E-state index in [9.17, 15) is 0 Å². The summed E-state index contributed by atoms with van der Waals surface area (Å²) in [6.07, 6.45) is 5.11. The molecule has 1 fully saturated rings. The quantitative estimate of drug-likeness (QED) is 0.626. The average Bonchev–Trinajstić information content (AvgIpc) is 2.41. The smallest absolute Gasteiger partial charge is 0.0488 e. The zero-order valence-corrected chi connectivity index (χ0v) is 13.6. The van der Waals surface area contributed by atoms with Gasteiger partial charge in [-0.15, -0.1) is 0 Å². The fraction of sp³-hybridized carbons (Fsp3) is 0.647. The topological polar surface area (TPSA) is 38.0 Å². The van der Waals surface area contributed by atoms with E-state index in [0.717, 1.165) is 10.9 Å². The molecule has 3 heteroatoms. The molecule has 1 aromatic rings. The number of rotatable bonds is 3. The van der Waals surface area contributed by atoms with Crippen molar-refractivity contribution in [3.8, 4) is 0 Å². The molecular formula is C17H27ClN2. The van der Waals surface area contributed by atoms with Crippen LogP contribution in [0.15, 0.2) is 24.3 Å². The molecule has 0 amide bonds. The maximum atomic E-state index is 5.96. The number of hydrogen-bond donors (Lipinski definition) is 2. The summed E-state index contributed by atoms with van der Waals surface area (Å²) in [4.78, 5) is 0. The standard InChI is InChI=1S/C17H27ClN2/c1-17(2,3)14-8-4-12(5-9-14)16(20-19)13-6-10-15(18)11-7-13/h6-7,10-12,14,16,20H,4-5,8-9,19H2,1-3H3. The van der Waals surface area contributed by atoms with Crippen molar-refractivity contribution in [2.24, 2.45) is 23.1 Å². The maximum Gasteiger partial charge on any atom is 0.0488 e. The molecule has 2 nitrogen and oxygen atoms in total. The Labute approximate surface area is 128 Å². The van der Waals surface area contributed by atoms with Gasteiger partial charge in [-0.1, -0.05) is 44.5 Å². The van der Waals surface area contributed by atoms with E-state index in [1.807, 2.05) is 12.1 Å². The molecule has 2 rings (SSSR count). The van der Waals surface area contributed by atoms with Gasteiger partial charge in [-0.05, 0) is 60.6 Å². The molecule has 1 aliphatic carbocycles. The molecule has 0 spiro atoms. The van der Waals surface area contributed by atoms with Gasteiger partial charge < -0.3 is 0 Å². The Morgan fingerprint density at radius 3 is 2.10 bits per heavy atom. The Balaban J connectivity index is 2.02. The molecule has 0 aromatic heterocycles. The summed E-state index contributed by atoms with van der Waals surface area (Å²) in [5.41, 5.74) is 4.69. The Morgan fingerprint density at radius 1 is 1.10 bits per heavy atom. The third kappa shape index (κ3) is 3.75. The van der Waals surface area contributed by atoms with Crippen LogP contribution in [0.2, 0.25) is 5.02 Å². The normalized spacial score (nSPS) is 25.4. The number of nitrogens with one attached hydrogen (secondary N) is 1. The zero-order chi connectivity index (χ0) is 14.8. The SMILES string of the molecule is CC(C)(C)C1CCC(C(NN)c2ccc(Cl)cc2)CC1. The van der Waals surface area contributed by atoms with Gasteiger partial charge in [-0.3, -0.25) is 11.3 Å². The summed E-state index contributed by atoms with van der Waals surface area (Å²) >= 11 is 5.96. The molecule has 20 heavy (non-hydrogen) atoms. The van der Waals surface area contributed by atoms with Crippen LogP contribution >= 0.6 is 11.6 Å². The number of hydrogen-bond acceptors (Lipinski definition) is 2. The van der Waals surface area contributed by atoms with Crippen molar-refractivity contribution in [3.63, 3.8) is 0 Å². The zero-order valence-electron chi connectivity index (χ0n) is 12.8. The fourth-order valence-electron chi connectivity index (χ4n) is 3.49. The van der Waals surface area contributed by atoms with Crippen molar-refractivity contribution in [2.75, 3.05) is 0 Å². The Hall–Kier alpha value is -0.570. The minimum absolute atomic E-state index is 0.244. The first-order chi connectivity index (χ1) is 9.41. The lowest BCUT2D eigenvalue weighted by Gasteiger charge is -2.39. The highest BCUT2D eigenvalue weighted by atomic mass is 35.5. The Bertz CT molecular complexity index is 414. The fourth-order valence-corrected chi connectivity index (χ4v) is 3.62. The first-order valence-corrected chi connectivity index (χ1v) is 8.01. The van der Waals surface area contributed by atoms with E-state index >= 15 is 0 Å². The van der Waals surface area contributed by atoms with Crippen molar-refractivity contribution in [2.45, 2.75) is 52.5 Å². The van der Waals surface area contributed by atoms with Gasteiger partial charge in [0.25, 0.3) is 0 Å². The van der Waals surface area contributed by atoms with E-state index < -0.39 is 0 Å². The first kappa shape index (κ1) is 15.8. The van der Waals surface area contributed by atoms with Crippen molar-refractivity contribution < 1.29 is 0 Å². The summed E-state index contributed by atoms with van der Waals surface area (Å²) in [5, 5.41) is 0.779. The molecule has 0 saturated heterocycles. The summed E-state index contributed by atoms with van der Waals surface area (Å²) in [7, 11) is 0. The molecule has 0 radical (unpaired) electrons. The minimum Gasteiger partial charge on any atom is -0.271 e. The van der Waals surface area contributed by atoms with Gasteiger partial charge in [-0.2, -0.15) is 0 Å². The number of halogens is 1. The van der Waals surface area contributed by atoms with Gasteiger partial charge in [0.05, 0.1) is 0 Å². The van der Waals surface area contributed by atoms with Crippen LogP contribution in [0.4, 0.5) is 0 Å². The summed E-state index contributed by atoms with van der Waals surface area (Å²) in [6, 6.07) is 8.31. The van der Waals surface area contributed by atoms with Gasteiger partial charge >= 0.3 is 0 Å². The monoisotopic (exact) mass is 294 g/mol. The van der Waals surface area contributed by atoms with E-state index in [1.54, 1.807) is 0 Å². The second kappa shape index (κ2) is 6.46. The first-order valence-electron chi connectivity index (χ1n) is 7.63. The second-order valence-electron chi connectivity index (χ2n) is 7.17. The van der Waals surface area contributed by atoms with Crippen molar-refractivity contribution in [1.82, 2.24) is 5.43 Å². The predicted octanol–water partition coefficient (Wildman–Crippen LogP) is 4.70.